The Bertz CT molecular complexity index is 1090. The summed E-state index contributed by atoms with van der Waals surface area (Å²) < 4.78 is 5.23. The van der Waals surface area contributed by atoms with E-state index in [2.05, 4.69) is 9.88 Å². The predicted octanol–water partition coefficient (Wildman–Crippen LogP) is 3.61. The molecule has 2 aromatic carbocycles. The van der Waals surface area contributed by atoms with Gasteiger partial charge in [-0.3, -0.25) is 9.69 Å². The third-order valence-electron chi connectivity index (χ3n) is 5.66. The maximum absolute atomic E-state index is 12.6. The first-order valence-electron chi connectivity index (χ1n) is 9.79. The van der Waals surface area contributed by atoms with Crippen molar-refractivity contribution in [2.45, 2.75) is 25.3 Å². The van der Waals surface area contributed by atoms with Crippen LogP contribution in [0, 0.1) is 0 Å². The number of aromatic nitrogens is 1. The number of hydrogen-bond acceptors (Lipinski definition) is 4. The summed E-state index contributed by atoms with van der Waals surface area (Å²) in [6.07, 6.45) is 2.12. The Labute approximate surface area is 168 Å². The SMILES string of the molecule is COc1ccc2cc(CN3CCCC(c4ccc(C(=O)O)cc4)C3)c(=O)[nH]c2c1. The van der Waals surface area contributed by atoms with E-state index in [0.29, 0.717) is 23.8 Å². The fraction of sp³-hybridized carbons (Fsp3) is 0.304. The lowest BCUT2D eigenvalue weighted by molar-refractivity contribution is 0.0697. The van der Waals surface area contributed by atoms with Gasteiger partial charge in [0.15, 0.2) is 0 Å². The van der Waals surface area contributed by atoms with E-state index in [0.717, 1.165) is 48.0 Å². The molecule has 4 rings (SSSR count). The second-order valence-electron chi connectivity index (χ2n) is 7.58. The molecule has 2 N–H and O–H groups in total. The molecule has 1 atom stereocenters. The van der Waals surface area contributed by atoms with E-state index in [1.165, 1.54) is 0 Å². The van der Waals surface area contributed by atoms with Crippen molar-refractivity contribution in [3.63, 3.8) is 0 Å². The molecule has 2 heterocycles. The van der Waals surface area contributed by atoms with Crippen molar-refractivity contribution >= 4 is 16.9 Å². The number of likely N-dealkylation sites (tertiary alicyclic amines) is 1. The number of nitrogens with one attached hydrogen (secondary N) is 1. The number of piperidine rings is 1. The molecule has 3 aromatic rings. The Morgan fingerprint density at radius 1 is 1.21 bits per heavy atom. The smallest absolute Gasteiger partial charge is 0.335 e. The highest BCUT2D eigenvalue weighted by Gasteiger charge is 2.22. The number of carboxylic acids is 1. The summed E-state index contributed by atoms with van der Waals surface area (Å²) in [6, 6.07) is 14.8. The quantitative estimate of drug-likeness (QED) is 0.693. The van der Waals surface area contributed by atoms with Gasteiger partial charge >= 0.3 is 5.97 Å². The molecule has 1 fully saturated rings. The van der Waals surface area contributed by atoms with E-state index in [4.69, 9.17) is 9.84 Å². The van der Waals surface area contributed by atoms with Crippen LogP contribution in [0.1, 0.15) is 40.2 Å². The predicted molar refractivity (Wildman–Crippen MR) is 112 cm³/mol. The number of benzene rings is 2. The highest BCUT2D eigenvalue weighted by atomic mass is 16.5. The Balaban J connectivity index is 1.51. The molecule has 1 saturated heterocycles. The molecule has 1 unspecified atom stereocenters. The average Bonchev–Trinajstić information content (AvgIpc) is 2.74. The number of ether oxygens (including phenoxy) is 1. The summed E-state index contributed by atoms with van der Waals surface area (Å²) >= 11 is 0. The first kappa shape index (κ1) is 19.2. The summed E-state index contributed by atoms with van der Waals surface area (Å²) in [5.41, 5.74) is 2.91. The molecule has 1 aromatic heterocycles. The maximum atomic E-state index is 12.6. The zero-order valence-electron chi connectivity index (χ0n) is 16.4. The van der Waals surface area contributed by atoms with Gasteiger partial charge < -0.3 is 14.8 Å². The molecular weight excluding hydrogens is 368 g/mol. The van der Waals surface area contributed by atoms with Crippen LogP contribution < -0.4 is 10.3 Å². The fourth-order valence-corrected chi connectivity index (χ4v) is 4.08. The number of H-pyrrole nitrogens is 1. The number of fused-ring (bicyclic) bond motifs is 1. The number of rotatable bonds is 5. The zero-order chi connectivity index (χ0) is 20.4. The standard InChI is InChI=1S/C23H24N2O4/c1-29-20-9-8-17-11-19(22(26)24-21(17)12-20)14-25-10-2-3-18(13-25)15-4-6-16(7-5-15)23(27)28/h4-9,11-12,18H,2-3,10,13-14H2,1H3,(H,24,26)(H,27,28). The van der Waals surface area contributed by atoms with Gasteiger partial charge in [0, 0.05) is 24.7 Å². The van der Waals surface area contributed by atoms with Crippen molar-refractivity contribution < 1.29 is 14.6 Å². The Kier molecular flexibility index (Phi) is 5.36. The maximum Gasteiger partial charge on any atom is 0.335 e. The lowest BCUT2D eigenvalue weighted by atomic mass is 9.90. The van der Waals surface area contributed by atoms with E-state index in [1.54, 1.807) is 19.2 Å². The van der Waals surface area contributed by atoms with Crippen molar-refractivity contribution in [2.24, 2.45) is 0 Å². The van der Waals surface area contributed by atoms with Crippen LogP contribution in [0.4, 0.5) is 0 Å². The van der Waals surface area contributed by atoms with Crippen molar-refractivity contribution in [2.75, 3.05) is 20.2 Å². The molecule has 1 aliphatic rings. The molecule has 0 aliphatic carbocycles. The summed E-state index contributed by atoms with van der Waals surface area (Å²) in [6.45, 7) is 2.40. The van der Waals surface area contributed by atoms with Crippen LogP contribution in [-0.2, 0) is 6.54 Å². The van der Waals surface area contributed by atoms with Gasteiger partial charge in [0.25, 0.3) is 5.56 Å². The van der Waals surface area contributed by atoms with Crippen LogP contribution >= 0.6 is 0 Å². The van der Waals surface area contributed by atoms with Gasteiger partial charge in [-0.15, -0.1) is 0 Å². The molecule has 0 radical (unpaired) electrons. The number of aromatic amines is 1. The van der Waals surface area contributed by atoms with Crippen LogP contribution in [0.5, 0.6) is 5.75 Å². The Morgan fingerprint density at radius 3 is 2.72 bits per heavy atom. The first-order chi connectivity index (χ1) is 14.0. The number of carboxylic acid groups (broad SMARTS) is 1. The number of pyridine rings is 1. The van der Waals surface area contributed by atoms with Gasteiger partial charge in [0.2, 0.25) is 0 Å². The van der Waals surface area contributed by atoms with Gasteiger partial charge in [-0.25, -0.2) is 4.79 Å². The monoisotopic (exact) mass is 392 g/mol. The molecule has 0 bridgehead atoms. The van der Waals surface area contributed by atoms with Gasteiger partial charge in [-0.1, -0.05) is 12.1 Å². The third-order valence-corrected chi connectivity index (χ3v) is 5.66. The van der Waals surface area contributed by atoms with Gasteiger partial charge in [-0.05, 0) is 66.6 Å². The average molecular weight is 392 g/mol. The minimum atomic E-state index is -0.907. The van der Waals surface area contributed by atoms with Gasteiger partial charge in [0.1, 0.15) is 5.75 Å². The fourth-order valence-electron chi connectivity index (χ4n) is 4.08. The van der Waals surface area contributed by atoms with Gasteiger partial charge in [0.05, 0.1) is 18.2 Å². The third kappa shape index (κ3) is 4.17. The first-order valence-corrected chi connectivity index (χ1v) is 9.79. The molecule has 0 spiro atoms. The lowest BCUT2D eigenvalue weighted by Crippen LogP contribution is -2.35. The Morgan fingerprint density at radius 2 is 2.00 bits per heavy atom. The second-order valence-corrected chi connectivity index (χ2v) is 7.58. The van der Waals surface area contributed by atoms with Crippen molar-refractivity contribution in [3.8, 4) is 5.75 Å². The molecule has 0 saturated carbocycles. The van der Waals surface area contributed by atoms with E-state index in [1.807, 2.05) is 36.4 Å². The van der Waals surface area contributed by atoms with Crippen LogP contribution in [0.25, 0.3) is 10.9 Å². The largest absolute Gasteiger partial charge is 0.497 e. The molecule has 0 amide bonds. The van der Waals surface area contributed by atoms with Crippen molar-refractivity contribution in [1.29, 1.82) is 0 Å². The van der Waals surface area contributed by atoms with Crippen molar-refractivity contribution in [3.05, 3.63) is 75.6 Å². The van der Waals surface area contributed by atoms with Crippen LogP contribution in [-0.4, -0.2) is 41.2 Å². The number of methoxy groups -OCH3 is 1. The van der Waals surface area contributed by atoms with Crippen LogP contribution in [0.15, 0.2) is 53.3 Å². The molecule has 150 valence electrons. The number of aromatic carboxylic acids is 1. The number of carbonyl (C=O) groups is 1. The molecule has 1 aliphatic heterocycles. The van der Waals surface area contributed by atoms with E-state index in [-0.39, 0.29) is 5.56 Å². The van der Waals surface area contributed by atoms with Crippen molar-refractivity contribution in [1.82, 2.24) is 9.88 Å². The summed E-state index contributed by atoms with van der Waals surface area (Å²) in [4.78, 5) is 28.9. The number of hydrogen-bond donors (Lipinski definition) is 2. The second kappa shape index (κ2) is 8.09. The number of nitrogens with zero attached hydrogens (tertiary/aromatic N) is 1. The van der Waals surface area contributed by atoms with Gasteiger partial charge in [-0.2, -0.15) is 0 Å². The summed E-state index contributed by atoms with van der Waals surface area (Å²) in [5, 5.41) is 10.1. The molecule has 6 heteroatoms. The zero-order valence-corrected chi connectivity index (χ0v) is 16.4. The minimum absolute atomic E-state index is 0.0707. The van der Waals surface area contributed by atoms with E-state index < -0.39 is 5.97 Å². The normalized spacial score (nSPS) is 17.3. The lowest BCUT2D eigenvalue weighted by Gasteiger charge is -2.33. The summed E-state index contributed by atoms with van der Waals surface area (Å²) in [5.74, 6) is 0.152. The highest BCUT2D eigenvalue weighted by molar-refractivity contribution is 5.87. The molecule has 29 heavy (non-hydrogen) atoms. The summed E-state index contributed by atoms with van der Waals surface area (Å²) in [7, 11) is 1.61. The Hall–Kier alpha value is -3.12. The van der Waals surface area contributed by atoms with E-state index in [9.17, 15) is 9.59 Å². The minimum Gasteiger partial charge on any atom is -0.497 e. The van der Waals surface area contributed by atoms with E-state index >= 15 is 0 Å². The highest BCUT2D eigenvalue weighted by Crippen LogP contribution is 2.28. The molecular formula is C23H24N2O4. The topological polar surface area (TPSA) is 82.6 Å². The van der Waals surface area contributed by atoms with Crippen LogP contribution in [0.3, 0.4) is 0 Å². The molecule has 6 nitrogen and oxygen atoms in total. The van der Waals surface area contributed by atoms with Crippen LogP contribution in [0.2, 0.25) is 0 Å².